The normalized spacial score (nSPS) is 24.4. The van der Waals surface area contributed by atoms with Crippen LogP contribution in [0.3, 0.4) is 0 Å². The second-order valence-corrected chi connectivity index (χ2v) is 5.63. The van der Waals surface area contributed by atoms with Crippen LogP contribution in [-0.4, -0.2) is 33.6 Å². The molecule has 1 unspecified atom stereocenters. The number of hydrogen-bond acceptors (Lipinski definition) is 4. The van der Waals surface area contributed by atoms with Crippen molar-refractivity contribution in [3.63, 3.8) is 0 Å². The van der Waals surface area contributed by atoms with Gasteiger partial charge < -0.3 is 5.11 Å². The average molecular weight is 282 g/mol. The summed E-state index contributed by atoms with van der Waals surface area (Å²) in [4.78, 5) is 12.1. The Morgan fingerprint density at radius 3 is 2.90 bits per heavy atom. The monoisotopic (exact) mass is 282 g/mol. The van der Waals surface area contributed by atoms with Gasteiger partial charge in [-0.1, -0.05) is 12.1 Å². The second kappa shape index (κ2) is 5.85. The minimum absolute atomic E-state index is 0.334. The molecule has 0 saturated carbocycles. The smallest absolute Gasteiger partial charge is 0.305 e. The summed E-state index contributed by atoms with van der Waals surface area (Å²) in [5, 5.41) is 20.7. The van der Waals surface area contributed by atoms with E-state index in [0.717, 1.165) is 19.4 Å². The van der Waals surface area contributed by atoms with Crippen molar-refractivity contribution in [3.05, 3.63) is 39.7 Å². The van der Waals surface area contributed by atoms with Gasteiger partial charge in [0.2, 0.25) is 5.82 Å². The van der Waals surface area contributed by atoms with Gasteiger partial charge in [-0.2, -0.15) is 4.39 Å². The van der Waals surface area contributed by atoms with Gasteiger partial charge in [0.05, 0.1) is 10.5 Å². The zero-order valence-electron chi connectivity index (χ0n) is 11.5. The van der Waals surface area contributed by atoms with Gasteiger partial charge in [-0.25, -0.2) is 0 Å². The van der Waals surface area contributed by atoms with Crippen molar-refractivity contribution in [3.8, 4) is 0 Å². The Balaban J connectivity index is 2.10. The molecule has 0 bridgehead atoms. The number of hydrogen-bond donors (Lipinski definition) is 1. The van der Waals surface area contributed by atoms with Crippen molar-refractivity contribution in [2.75, 3.05) is 13.1 Å². The summed E-state index contributed by atoms with van der Waals surface area (Å²) < 4.78 is 14.0. The Morgan fingerprint density at radius 1 is 1.45 bits per heavy atom. The number of nitro benzene ring substituents is 1. The first-order valence-electron chi connectivity index (χ1n) is 6.75. The van der Waals surface area contributed by atoms with Crippen LogP contribution >= 0.6 is 0 Å². The Labute approximate surface area is 117 Å². The van der Waals surface area contributed by atoms with Crippen molar-refractivity contribution in [2.45, 2.75) is 38.3 Å². The Morgan fingerprint density at radius 2 is 2.20 bits per heavy atom. The molecule has 1 aliphatic rings. The van der Waals surface area contributed by atoms with E-state index < -0.39 is 22.0 Å². The molecule has 5 nitrogen and oxygen atoms in total. The summed E-state index contributed by atoms with van der Waals surface area (Å²) in [5.41, 5.74) is -0.819. The molecule has 20 heavy (non-hydrogen) atoms. The first-order chi connectivity index (χ1) is 9.39. The molecule has 1 heterocycles. The molecule has 110 valence electrons. The van der Waals surface area contributed by atoms with Crippen LogP contribution in [0, 0.1) is 15.9 Å². The van der Waals surface area contributed by atoms with E-state index in [4.69, 9.17) is 0 Å². The molecular weight excluding hydrogens is 263 g/mol. The topological polar surface area (TPSA) is 66.6 Å². The number of rotatable bonds is 3. The van der Waals surface area contributed by atoms with E-state index >= 15 is 0 Å². The molecule has 1 fully saturated rings. The Kier molecular flexibility index (Phi) is 4.35. The number of aliphatic hydroxyl groups is 1. The molecule has 0 aliphatic carbocycles. The fourth-order valence-corrected chi connectivity index (χ4v) is 2.55. The molecule has 1 aromatic rings. The maximum Gasteiger partial charge on any atom is 0.305 e. The lowest BCUT2D eigenvalue weighted by molar-refractivity contribution is -0.387. The lowest BCUT2D eigenvalue weighted by atomic mass is 9.98. The molecule has 1 aliphatic heterocycles. The van der Waals surface area contributed by atoms with Crippen LogP contribution in [-0.2, 0) is 6.54 Å². The highest BCUT2D eigenvalue weighted by atomic mass is 19.1. The summed E-state index contributed by atoms with van der Waals surface area (Å²) in [6.07, 6.45) is 2.19. The predicted octanol–water partition coefficient (Wildman–Crippen LogP) is 2.47. The van der Waals surface area contributed by atoms with Gasteiger partial charge in [-0.3, -0.25) is 15.0 Å². The predicted molar refractivity (Wildman–Crippen MR) is 72.8 cm³/mol. The van der Waals surface area contributed by atoms with Crippen LogP contribution in [0.1, 0.15) is 31.7 Å². The highest BCUT2D eigenvalue weighted by molar-refractivity contribution is 5.36. The highest BCUT2D eigenvalue weighted by Gasteiger charge is 2.26. The minimum Gasteiger partial charge on any atom is -0.390 e. The van der Waals surface area contributed by atoms with E-state index in [1.807, 2.05) is 11.8 Å². The van der Waals surface area contributed by atoms with Crippen molar-refractivity contribution in [2.24, 2.45) is 0 Å². The molecule has 0 spiro atoms. The van der Waals surface area contributed by atoms with Gasteiger partial charge in [0.1, 0.15) is 0 Å². The van der Waals surface area contributed by atoms with E-state index in [0.29, 0.717) is 25.1 Å². The summed E-state index contributed by atoms with van der Waals surface area (Å²) in [7, 11) is 0. The summed E-state index contributed by atoms with van der Waals surface area (Å²) >= 11 is 0. The number of benzene rings is 1. The van der Waals surface area contributed by atoms with Gasteiger partial charge in [0.15, 0.2) is 0 Å². The zero-order chi connectivity index (χ0) is 14.8. The van der Waals surface area contributed by atoms with Gasteiger partial charge >= 0.3 is 5.69 Å². The van der Waals surface area contributed by atoms with E-state index in [1.54, 1.807) is 6.07 Å². The first-order valence-corrected chi connectivity index (χ1v) is 6.75. The molecule has 6 heteroatoms. The fourth-order valence-electron chi connectivity index (χ4n) is 2.55. The van der Waals surface area contributed by atoms with Gasteiger partial charge in [-0.15, -0.1) is 0 Å². The largest absolute Gasteiger partial charge is 0.390 e. The summed E-state index contributed by atoms with van der Waals surface area (Å²) in [5.74, 6) is -0.756. The van der Waals surface area contributed by atoms with E-state index in [2.05, 4.69) is 0 Å². The van der Waals surface area contributed by atoms with Gasteiger partial charge in [-0.05, 0) is 32.7 Å². The number of halogens is 1. The third kappa shape index (κ3) is 3.52. The van der Waals surface area contributed by atoms with Crippen molar-refractivity contribution in [1.29, 1.82) is 0 Å². The van der Waals surface area contributed by atoms with Crippen LogP contribution in [0.15, 0.2) is 18.2 Å². The standard InChI is InChI=1S/C14H19FN2O3/c1-14(18)6-3-8-16(9-7-14)10-11-4-2-5-12(13(11)15)17(19)20/h2,4-5,18H,3,6-10H2,1H3. The molecule has 0 amide bonds. The lowest BCUT2D eigenvalue weighted by Crippen LogP contribution is -2.28. The highest BCUT2D eigenvalue weighted by Crippen LogP contribution is 2.25. The molecule has 1 N–H and O–H groups in total. The quantitative estimate of drug-likeness (QED) is 0.683. The van der Waals surface area contributed by atoms with E-state index in [1.165, 1.54) is 12.1 Å². The molecule has 1 saturated heterocycles. The average Bonchev–Trinajstić information content (AvgIpc) is 2.53. The summed E-state index contributed by atoms with van der Waals surface area (Å²) in [6.45, 7) is 3.57. The third-order valence-electron chi connectivity index (χ3n) is 3.81. The molecule has 1 atom stereocenters. The van der Waals surface area contributed by atoms with E-state index in [9.17, 15) is 19.6 Å². The SMILES string of the molecule is CC1(O)CCCN(Cc2cccc([N+](=O)[O-])c2F)CC1. The van der Waals surface area contributed by atoms with Crippen LogP contribution in [0.25, 0.3) is 0 Å². The number of nitro groups is 1. The minimum atomic E-state index is -0.756. The number of likely N-dealkylation sites (tertiary alicyclic amines) is 1. The van der Waals surface area contributed by atoms with Crippen LogP contribution in [0.5, 0.6) is 0 Å². The Hall–Kier alpha value is -1.53. The number of nitrogens with zero attached hydrogens (tertiary/aromatic N) is 2. The maximum atomic E-state index is 14.0. The molecule has 0 aromatic heterocycles. The van der Waals surface area contributed by atoms with Crippen LogP contribution in [0.4, 0.5) is 10.1 Å². The van der Waals surface area contributed by atoms with Gasteiger partial charge in [0.25, 0.3) is 0 Å². The fraction of sp³-hybridized carbons (Fsp3) is 0.571. The van der Waals surface area contributed by atoms with Crippen molar-refractivity contribution >= 4 is 5.69 Å². The first kappa shape index (κ1) is 14.9. The Bertz CT molecular complexity index is 505. The summed E-state index contributed by atoms with van der Waals surface area (Å²) in [6, 6.07) is 4.25. The molecule has 1 aromatic carbocycles. The van der Waals surface area contributed by atoms with E-state index in [-0.39, 0.29) is 0 Å². The van der Waals surface area contributed by atoms with Crippen molar-refractivity contribution < 1.29 is 14.4 Å². The zero-order valence-corrected chi connectivity index (χ0v) is 11.5. The van der Waals surface area contributed by atoms with Gasteiger partial charge in [0, 0.05) is 24.7 Å². The van der Waals surface area contributed by atoms with Crippen LogP contribution in [0.2, 0.25) is 0 Å². The maximum absolute atomic E-state index is 14.0. The van der Waals surface area contributed by atoms with Crippen LogP contribution < -0.4 is 0 Å². The molecule has 2 rings (SSSR count). The lowest BCUT2D eigenvalue weighted by Gasteiger charge is -2.22. The third-order valence-corrected chi connectivity index (χ3v) is 3.81. The van der Waals surface area contributed by atoms with Crippen molar-refractivity contribution in [1.82, 2.24) is 4.90 Å². The second-order valence-electron chi connectivity index (χ2n) is 5.63. The molecule has 0 radical (unpaired) electrons. The molecular formula is C14H19FN2O3.